The Bertz CT molecular complexity index is 530. The van der Waals surface area contributed by atoms with Gasteiger partial charge in [-0.25, -0.2) is 13.1 Å². The minimum Gasteiger partial charge on any atom is -0.398 e. The Kier molecular flexibility index (Phi) is 4.44. The summed E-state index contributed by atoms with van der Waals surface area (Å²) in [4.78, 5) is 0. The molecule has 2 rings (SSSR count). The van der Waals surface area contributed by atoms with E-state index < -0.39 is 10.0 Å². The molecule has 2 atom stereocenters. The largest absolute Gasteiger partial charge is 0.398 e. The molecule has 1 aromatic carbocycles. The average molecular weight is 284 g/mol. The average Bonchev–Trinajstić information content (AvgIpc) is 2.78. The van der Waals surface area contributed by atoms with Crippen molar-refractivity contribution in [3.05, 3.63) is 29.8 Å². The van der Waals surface area contributed by atoms with Crippen molar-refractivity contribution in [2.24, 2.45) is 0 Å². The van der Waals surface area contributed by atoms with Gasteiger partial charge in [0.2, 0.25) is 10.0 Å². The van der Waals surface area contributed by atoms with Gasteiger partial charge < -0.3 is 10.5 Å². The van der Waals surface area contributed by atoms with Crippen LogP contribution in [0.5, 0.6) is 0 Å². The van der Waals surface area contributed by atoms with E-state index in [0.717, 1.165) is 19.3 Å². The Morgan fingerprint density at radius 1 is 1.37 bits per heavy atom. The van der Waals surface area contributed by atoms with Crippen LogP contribution in [0.25, 0.3) is 0 Å². The molecule has 1 aromatic rings. The lowest BCUT2D eigenvalue weighted by Crippen LogP contribution is -2.34. The minimum atomic E-state index is -3.36. The molecular formula is C13H20N2O3S. The van der Waals surface area contributed by atoms with Crippen molar-refractivity contribution >= 4 is 15.7 Å². The summed E-state index contributed by atoms with van der Waals surface area (Å²) in [6.07, 6.45) is 2.62. The van der Waals surface area contributed by atoms with Crippen molar-refractivity contribution in [3.63, 3.8) is 0 Å². The monoisotopic (exact) mass is 284 g/mol. The minimum absolute atomic E-state index is 0.0279. The molecule has 106 valence electrons. The Labute approximate surface area is 114 Å². The van der Waals surface area contributed by atoms with Gasteiger partial charge in [-0.2, -0.15) is 0 Å². The highest BCUT2D eigenvalue weighted by molar-refractivity contribution is 7.88. The van der Waals surface area contributed by atoms with E-state index in [9.17, 15) is 8.42 Å². The standard InChI is InChI=1S/C13H20N2O3S/c1-18-12-7-6-11(8-12)15-19(16,17)9-10-4-2-3-5-13(10)14/h2-5,11-12,15H,6-9,14H2,1H3. The zero-order chi connectivity index (χ0) is 13.9. The van der Waals surface area contributed by atoms with Gasteiger partial charge in [0.15, 0.2) is 0 Å². The maximum absolute atomic E-state index is 12.1. The molecule has 1 fully saturated rings. The summed E-state index contributed by atoms with van der Waals surface area (Å²) >= 11 is 0. The molecule has 0 spiro atoms. The van der Waals surface area contributed by atoms with Crippen LogP contribution in [0.1, 0.15) is 24.8 Å². The van der Waals surface area contributed by atoms with Gasteiger partial charge >= 0.3 is 0 Å². The van der Waals surface area contributed by atoms with Crippen molar-refractivity contribution in [2.75, 3.05) is 12.8 Å². The number of nitrogens with one attached hydrogen (secondary N) is 1. The highest BCUT2D eigenvalue weighted by Crippen LogP contribution is 2.23. The number of rotatable bonds is 5. The first-order valence-electron chi connectivity index (χ1n) is 6.36. The molecule has 2 unspecified atom stereocenters. The van der Waals surface area contributed by atoms with Crippen LogP contribution in [0, 0.1) is 0 Å². The van der Waals surface area contributed by atoms with Crippen LogP contribution >= 0.6 is 0 Å². The second-order valence-corrected chi connectivity index (χ2v) is 6.70. The number of hydrogen-bond acceptors (Lipinski definition) is 4. The summed E-state index contributed by atoms with van der Waals surface area (Å²) in [7, 11) is -1.70. The number of nitrogens with two attached hydrogens (primary N) is 1. The van der Waals surface area contributed by atoms with Gasteiger partial charge in [-0.15, -0.1) is 0 Å². The van der Waals surface area contributed by atoms with Crippen LogP contribution in [-0.2, 0) is 20.5 Å². The van der Waals surface area contributed by atoms with Crippen LogP contribution in [-0.4, -0.2) is 27.7 Å². The van der Waals surface area contributed by atoms with E-state index in [1.54, 1.807) is 31.4 Å². The smallest absolute Gasteiger partial charge is 0.216 e. The number of ether oxygens (including phenoxy) is 1. The van der Waals surface area contributed by atoms with Crippen molar-refractivity contribution in [1.29, 1.82) is 0 Å². The van der Waals surface area contributed by atoms with E-state index in [1.165, 1.54) is 0 Å². The normalized spacial score (nSPS) is 23.6. The number of nitrogen functional groups attached to an aromatic ring is 1. The number of para-hydroxylation sites is 1. The van der Waals surface area contributed by atoms with Gasteiger partial charge in [-0.3, -0.25) is 0 Å². The summed E-state index contributed by atoms with van der Waals surface area (Å²) < 4.78 is 32.2. The molecule has 1 aliphatic carbocycles. The second-order valence-electron chi connectivity index (χ2n) is 4.94. The van der Waals surface area contributed by atoms with Gasteiger partial charge in [0, 0.05) is 18.8 Å². The number of hydrogen-bond donors (Lipinski definition) is 2. The molecule has 0 aromatic heterocycles. The first-order valence-corrected chi connectivity index (χ1v) is 8.01. The Morgan fingerprint density at radius 3 is 2.74 bits per heavy atom. The van der Waals surface area contributed by atoms with Gasteiger partial charge in [0.1, 0.15) is 0 Å². The molecule has 0 saturated heterocycles. The molecule has 0 bridgehead atoms. The van der Waals surface area contributed by atoms with Crippen molar-refractivity contribution in [2.45, 2.75) is 37.2 Å². The van der Waals surface area contributed by atoms with Crippen LogP contribution in [0.3, 0.4) is 0 Å². The molecule has 19 heavy (non-hydrogen) atoms. The van der Waals surface area contributed by atoms with E-state index in [2.05, 4.69) is 4.72 Å². The fourth-order valence-electron chi connectivity index (χ4n) is 2.43. The summed E-state index contributed by atoms with van der Waals surface area (Å²) in [5.41, 5.74) is 6.91. The van der Waals surface area contributed by atoms with Gasteiger partial charge in [0.05, 0.1) is 11.9 Å². The van der Waals surface area contributed by atoms with Crippen molar-refractivity contribution < 1.29 is 13.2 Å². The summed E-state index contributed by atoms with van der Waals surface area (Å²) in [5, 5.41) is 0. The predicted molar refractivity (Wildman–Crippen MR) is 75.0 cm³/mol. The fourth-order valence-corrected chi connectivity index (χ4v) is 3.90. The Balaban J connectivity index is 1.98. The molecule has 1 aliphatic rings. The first kappa shape index (κ1) is 14.3. The van der Waals surface area contributed by atoms with E-state index in [1.807, 2.05) is 0 Å². The lowest BCUT2D eigenvalue weighted by Gasteiger charge is -2.14. The van der Waals surface area contributed by atoms with Crippen LogP contribution in [0.2, 0.25) is 0 Å². The molecule has 1 saturated carbocycles. The fraction of sp³-hybridized carbons (Fsp3) is 0.538. The van der Waals surface area contributed by atoms with Gasteiger partial charge in [-0.1, -0.05) is 18.2 Å². The van der Waals surface area contributed by atoms with Crippen LogP contribution < -0.4 is 10.5 Å². The third-order valence-electron chi connectivity index (χ3n) is 3.46. The maximum Gasteiger partial charge on any atom is 0.216 e. The molecule has 0 aliphatic heterocycles. The summed E-state index contributed by atoms with van der Waals surface area (Å²) in [6, 6.07) is 7.00. The van der Waals surface area contributed by atoms with E-state index in [4.69, 9.17) is 10.5 Å². The molecule has 5 nitrogen and oxygen atoms in total. The van der Waals surface area contributed by atoms with Crippen LogP contribution in [0.15, 0.2) is 24.3 Å². The molecule has 0 radical (unpaired) electrons. The third kappa shape index (κ3) is 3.92. The lowest BCUT2D eigenvalue weighted by atomic mass is 10.2. The Hall–Kier alpha value is -1.11. The Morgan fingerprint density at radius 2 is 2.11 bits per heavy atom. The van der Waals surface area contributed by atoms with E-state index >= 15 is 0 Å². The molecule has 0 heterocycles. The summed E-state index contributed by atoms with van der Waals surface area (Å²) in [6.45, 7) is 0. The lowest BCUT2D eigenvalue weighted by molar-refractivity contribution is 0.107. The maximum atomic E-state index is 12.1. The second kappa shape index (κ2) is 5.90. The molecule has 6 heteroatoms. The highest BCUT2D eigenvalue weighted by Gasteiger charge is 2.28. The molecule has 3 N–H and O–H groups in total. The molecule has 0 amide bonds. The van der Waals surface area contributed by atoms with Crippen molar-refractivity contribution in [1.82, 2.24) is 4.72 Å². The van der Waals surface area contributed by atoms with Crippen LogP contribution in [0.4, 0.5) is 5.69 Å². The highest BCUT2D eigenvalue weighted by atomic mass is 32.2. The van der Waals surface area contributed by atoms with Crippen molar-refractivity contribution in [3.8, 4) is 0 Å². The van der Waals surface area contributed by atoms with Gasteiger partial charge in [0.25, 0.3) is 0 Å². The number of methoxy groups -OCH3 is 1. The zero-order valence-corrected chi connectivity index (χ0v) is 11.8. The summed E-state index contributed by atoms with van der Waals surface area (Å²) in [5.74, 6) is -0.0756. The first-order chi connectivity index (χ1) is 9.00. The zero-order valence-electron chi connectivity index (χ0n) is 11.0. The van der Waals surface area contributed by atoms with Gasteiger partial charge in [-0.05, 0) is 30.9 Å². The predicted octanol–water partition coefficient (Wildman–Crippen LogP) is 1.26. The van der Waals surface area contributed by atoms with E-state index in [0.29, 0.717) is 11.3 Å². The SMILES string of the molecule is COC1CCC(NS(=O)(=O)Cc2ccccc2N)C1. The number of anilines is 1. The third-order valence-corrected chi connectivity index (χ3v) is 4.85. The topological polar surface area (TPSA) is 81.4 Å². The number of sulfonamides is 1. The number of benzene rings is 1. The molecular weight excluding hydrogens is 264 g/mol. The van der Waals surface area contributed by atoms with E-state index in [-0.39, 0.29) is 17.9 Å². The quantitative estimate of drug-likeness (QED) is 0.797.